The van der Waals surface area contributed by atoms with E-state index in [1.807, 2.05) is 17.0 Å². The Hall–Kier alpha value is -2.08. The van der Waals surface area contributed by atoms with Crippen LogP contribution in [-0.4, -0.2) is 38.4 Å². The first-order valence-electron chi connectivity index (χ1n) is 8.70. The van der Waals surface area contributed by atoms with Crippen LogP contribution >= 0.6 is 0 Å². The quantitative estimate of drug-likeness (QED) is 0.864. The molecule has 4 heterocycles. The lowest BCUT2D eigenvalue weighted by molar-refractivity contribution is -0.136. The fraction of sp³-hybridized carbons (Fsp3) is 0.556. The van der Waals surface area contributed by atoms with E-state index in [0.717, 1.165) is 18.7 Å². The lowest BCUT2D eigenvalue weighted by Crippen LogP contribution is -2.33. The molecule has 0 aromatic carbocycles. The summed E-state index contributed by atoms with van der Waals surface area (Å²) in [6.07, 6.45) is 4.95. The van der Waals surface area contributed by atoms with Crippen LogP contribution in [0.2, 0.25) is 0 Å². The molecular weight excluding hydrogens is 304 g/mol. The Labute approximate surface area is 142 Å². The Balaban J connectivity index is 1.60. The zero-order valence-corrected chi connectivity index (χ0v) is 14.3. The highest BCUT2D eigenvalue weighted by Crippen LogP contribution is 2.30. The Morgan fingerprint density at radius 2 is 2.12 bits per heavy atom. The molecule has 1 saturated heterocycles. The van der Waals surface area contributed by atoms with Crippen molar-refractivity contribution < 1.29 is 9.53 Å². The third kappa shape index (κ3) is 2.65. The van der Waals surface area contributed by atoms with E-state index >= 15 is 0 Å². The van der Waals surface area contributed by atoms with Crippen LogP contribution in [0, 0.1) is 5.92 Å². The Kier molecular flexibility index (Phi) is 3.92. The predicted molar refractivity (Wildman–Crippen MR) is 89.3 cm³/mol. The maximum absolute atomic E-state index is 12.7. The van der Waals surface area contributed by atoms with Crippen molar-refractivity contribution in [3.63, 3.8) is 0 Å². The van der Waals surface area contributed by atoms with E-state index < -0.39 is 0 Å². The van der Waals surface area contributed by atoms with Gasteiger partial charge in [0.2, 0.25) is 5.91 Å². The van der Waals surface area contributed by atoms with Gasteiger partial charge in [0.25, 0.3) is 0 Å². The molecule has 1 fully saturated rings. The van der Waals surface area contributed by atoms with Gasteiger partial charge < -0.3 is 14.2 Å². The summed E-state index contributed by atoms with van der Waals surface area (Å²) < 4.78 is 9.60. The molecule has 0 bridgehead atoms. The number of hydrogen-bond donors (Lipinski definition) is 0. The van der Waals surface area contributed by atoms with Crippen molar-refractivity contribution in [1.82, 2.24) is 19.2 Å². The van der Waals surface area contributed by atoms with Gasteiger partial charge in [0.1, 0.15) is 0 Å². The first-order valence-corrected chi connectivity index (χ1v) is 8.70. The zero-order chi connectivity index (χ0) is 16.7. The summed E-state index contributed by atoms with van der Waals surface area (Å²) in [5, 5.41) is 4.83. The third-order valence-corrected chi connectivity index (χ3v) is 4.97. The van der Waals surface area contributed by atoms with Crippen LogP contribution < -0.4 is 0 Å². The molecule has 6 nitrogen and oxygen atoms in total. The highest BCUT2D eigenvalue weighted by molar-refractivity contribution is 5.79. The average Bonchev–Trinajstić information content (AvgIpc) is 3.33. The molecule has 24 heavy (non-hydrogen) atoms. The summed E-state index contributed by atoms with van der Waals surface area (Å²) in [4.78, 5) is 14.7. The number of aromatic nitrogens is 3. The molecule has 6 heteroatoms. The molecule has 0 N–H and O–H groups in total. The number of hydrogen-bond acceptors (Lipinski definition) is 3. The summed E-state index contributed by atoms with van der Waals surface area (Å²) in [5.74, 6) is 0.258. The maximum Gasteiger partial charge on any atom is 0.228 e. The molecule has 2 aliphatic rings. The van der Waals surface area contributed by atoms with E-state index in [0.29, 0.717) is 32.3 Å². The monoisotopic (exact) mass is 328 g/mol. The molecule has 2 aromatic heterocycles. The predicted octanol–water partition coefficient (Wildman–Crippen LogP) is 2.19. The van der Waals surface area contributed by atoms with E-state index in [-0.39, 0.29) is 11.8 Å². The van der Waals surface area contributed by atoms with Crippen LogP contribution in [0.25, 0.3) is 0 Å². The molecule has 1 unspecified atom stereocenters. The van der Waals surface area contributed by atoms with Gasteiger partial charge in [-0.25, -0.2) is 0 Å². The molecule has 0 radical (unpaired) electrons. The molecule has 128 valence electrons. The number of amides is 1. The van der Waals surface area contributed by atoms with Gasteiger partial charge in [-0.2, -0.15) is 5.10 Å². The van der Waals surface area contributed by atoms with Gasteiger partial charge in [0.15, 0.2) is 0 Å². The smallest absolute Gasteiger partial charge is 0.228 e. The van der Waals surface area contributed by atoms with Crippen LogP contribution in [-0.2, 0) is 29.2 Å². The van der Waals surface area contributed by atoms with E-state index in [4.69, 9.17) is 9.84 Å². The standard InChI is InChI=1S/C18H24N4O2/c1-13(2)22-17-11-21(18(23)14-5-8-24-12-14)9-15(17)16(19-22)10-20-6-3-4-7-20/h3-4,6-7,13-14H,5,8-12H2,1-2H3. The first-order chi connectivity index (χ1) is 11.6. The Morgan fingerprint density at radius 1 is 1.33 bits per heavy atom. The normalized spacial score (nSPS) is 20.1. The van der Waals surface area contributed by atoms with Crippen molar-refractivity contribution in [3.05, 3.63) is 41.5 Å². The Bertz CT molecular complexity index is 727. The number of carbonyl (C=O) groups is 1. The van der Waals surface area contributed by atoms with Crippen molar-refractivity contribution in [3.8, 4) is 0 Å². The number of ether oxygens (including phenoxy) is 1. The molecule has 2 aliphatic heterocycles. The molecule has 0 aliphatic carbocycles. The summed E-state index contributed by atoms with van der Waals surface area (Å²) in [5.41, 5.74) is 3.50. The zero-order valence-electron chi connectivity index (χ0n) is 14.3. The second-order valence-corrected chi connectivity index (χ2v) is 7.02. The van der Waals surface area contributed by atoms with Crippen LogP contribution in [0.3, 0.4) is 0 Å². The summed E-state index contributed by atoms with van der Waals surface area (Å²) >= 11 is 0. The lowest BCUT2D eigenvalue weighted by atomic mass is 10.1. The first kappa shape index (κ1) is 15.4. The van der Waals surface area contributed by atoms with Gasteiger partial charge in [-0.3, -0.25) is 9.48 Å². The van der Waals surface area contributed by atoms with E-state index in [2.05, 4.69) is 35.5 Å². The molecule has 4 rings (SSSR count). The molecule has 0 saturated carbocycles. The van der Waals surface area contributed by atoms with Crippen molar-refractivity contribution in [1.29, 1.82) is 0 Å². The van der Waals surface area contributed by atoms with Gasteiger partial charge in [0, 0.05) is 37.2 Å². The summed E-state index contributed by atoms with van der Waals surface area (Å²) in [6.45, 7) is 7.65. The van der Waals surface area contributed by atoms with E-state index in [9.17, 15) is 4.79 Å². The Morgan fingerprint density at radius 3 is 2.79 bits per heavy atom. The minimum Gasteiger partial charge on any atom is -0.381 e. The molecule has 2 aromatic rings. The SMILES string of the molecule is CC(C)n1nc(Cn2cccc2)c2c1CN(C(=O)C1CCOC1)C2. The number of rotatable bonds is 4. The summed E-state index contributed by atoms with van der Waals surface area (Å²) in [7, 11) is 0. The fourth-order valence-corrected chi connectivity index (χ4v) is 3.68. The number of fused-ring (bicyclic) bond motifs is 1. The highest BCUT2D eigenvalue weighted by atomic mass is 16.5. The van der Waals surface area contributed by atoms with Crippen LogP contribution in [0.1, 0.15) is 43.3 Å². The number of nitrogens with zero attached hydrogens (tertiary/aromatic N) is 4. The van der Waals surface area contributed by atoms with Crippen molar-refractivity contribution in [2.45, 2.75) is 45.9 Å². The second kappa shape index (κ2) is 6.09. The van der Waals surface area contributed by atoms with Gasteiger partial charge in [-0.15, -0.1) is 0 Å². The lowest BCUT2D eigenvalue weighted by Gasteiger charge is -2.20. The van der Waals surface area contributed by atoms with E-state index in [1.165, 1.54) is 11.3 Å². The van der Waals surface area contributed by atoms with Gasteiger partial charge in [0.05, 0.1) is 37.0 Å². The number of carbonyl (C=O) groups excluding carboxylic acids is 1. The van der Waals surface area contributed by atoms with Crippen molar-refractivity contribution in [2.75, 3.05) is 13.2 Å². The minimum absolute atomic E-state index is 0.0300. The average molecular weight is 328 g/mol. The third-order valence-electron chi connectivity index (χ3n) is 4.97. The van der Waals surface area contributed by atoms with Gasteiger partial charge in [-0.1, -0.05) is 0 Å². The second-order valence-electron chi connectivity index (χ2n) is 7.02. The van der Waals surface area contributed by atoms with Crippen LogP contribution in [0.15, 0.2) is 24.5 Å². The minimum atomic E-state index is 0.0300. The van der Waals surface area contributed by atoms with E-state index in [1.54, 1.807) is 0 Å². The van der Waals surface area contributed by atoms with Crippen molar-refractivity contribution in [2.24, 2.45) is 5.92 Å². The summed E-state index contributed by atoms with van der Waals surface area (Å²) in [6, 6.07) is 4.34. The maximum atomic E-state index is 12.7. The van der Waals surface area contributed by atoms with Gasteiger partial charge in [-0.05, 0) is 32.4 Å². The molecule has 1 amide bonds. The van der Waals surface area contributed by atoms with Crippen LogP contribution in [0.5, 0.6) is 0 Å². The van der Waals surface area contributed by atoms with Crippen LogP contribution in [0.4, 0.5) is 0 Å². The molecule has 0 spiro atoms. The fourth-order valence-electron chi connectivity index (χ4n) is 3.68. The van der Waals surface area contributed by atoms with Gasteiger partial charge >= 0.3 is 0 Å². The molecular formula is C18H24N4O2. The van der Waals surface area contributed by atoms with Crippen molar-refractivity contribution >= 4 is 5.91 Å². The topological polar surface area (TPSA) is 52.3 Å². The molecule has 1 atom stereocenters. The highest BCUT2D eigenvalue weighted by Gasteiger charge is 2.35. The largest absolute Gasteiger partial charge is 0.381 e.